The topological polar surface area (TPSA) is 58.6 Å². The molecular weight excluding hydrogens is 304 g/mol. The van der Waals surface area contributed by atoms with Gasteiger partial charge in [-0.2, -0.15) is 0 Å². The van der Waals surface area contributed by atoms with Crippen LogP contribution in [-0.4, -0.2) is 36.9 Å². The van der Waals surface area contributed by atoms with E-state index in [1.165, 1.54) is 0 Å². The number of nitrogens with zero attached hydrogens (tertiary/aromatic N) is 1. The molecule has 2 rings (SSSR count). The highest BCUT2D eigenvalue weighted by atomic mass is 16.5. The number of rotatable bonds is 7. The van der Waals surface area contributed by atoms with Crippen molar-refractivity contribution in [3.05, 3.63) is 29.8 Å². The summed E-state index contributed by atoms with van der Waals surface area (Å²) in [6.07, 6.45) is 2.95. The minimum absolute atomic E-state index is 0.0161. The van der Waals surface area contributed by atoms with Gasteiger partial charge in [-0.25, -0.2) is 0 Å². The number of carbonyl (C=O) groups is 2. The fourth-order valence-electron chi connectivity index (χ4n) is 3.42. The Balaban J connectivity index is 2.43. The standard InChI is InChI=1S/C19H28N2O3/c1-4-6-13-21-17(22)12-11-15(19(23)20-5-2)18(21)14-9-7-8-10-16(14)24-3/h7-10,15,18H,4-6,11-13H2,1-3H3,(H,20,23). The van der Waals surface area contributed by atoms with Crippen LogP contribution in [-0.2, 0) is 9.59 Å². The summed E-state index contributed by atoms with van der Waals surface area (Å²) in [5.41, 5.74) is 0.917. The Morgan fingerprint density at radius 3 is 2.75 bits per heavy atom. The molecule has 0 aromatic heterocycles. The molecule has 2 amide bonds. The number of benzene rings is 1. The van der Waals surface area contributed by atoms with Gasteiger partial charge in [0.15, 0.2) is 0 Å². The van der Waals surface area contributed by atoms with Crippen LogP contribution in [0.15, 0.2) is 24.3 Å². The van der Waals surface area contributed by atoms with Gasteiger partial charge in [-0.15, -0.1) is 0 Å². The zero-order valence-corrected chi connectivity index (χ0v) is 14.9. The van der Waals surface area contributed by atoms with E-state index in [1.54, 1.807) is 7.11 Å². The molecule has 1 aromatic rings. The van der Waals surface area contributed by atoms with E-state index < -0.39 is 0 Å². The van der Waals surface area contributed by atoms with Gasteiger partial charge in [0.2, 0.25) is 11.8 Å². The molecule has 1 aliphatic rings. The number of para-hydroxylation sites is 1. The lowest BCUT2D eigenvalue weighted by Gasteiger charge is -2.41. The number of carbonyl (C=O) groups excluding carboxylic acids is 2. The Morgan fingerprint density at radius 2 is 2.08 bits per heavy atom. The molecule has 2 unspecified atom stereocenters. The first-order chi connectivity index (χ1) is 11.6. The van der Waals surface area contributed by atoms with E-state index in [2.05, 4.69) is 12.2 Å². The largest absolute Gasteiger partial charge is 0.496 e. The summed E-state index contributed by atoms with van der Waals surface area (Å²) in [6.45, 7) is 5.29. The quantitative estimate of drug-likeness (QED) is 0.835. The second kappa shape index (κ2) is 8.71. The van der Waals surface area contributed by atoms with Crippen LogP contribution in [0.2, 0.25) is 0 Å². The summed E-state index contributed by atoms with van der Waals surface area (Å²) >= 11 is 0. The van der Waals surface area contributed by atoms with Gasteiger partial charge in [-0.3, -0.25) is 9.59 Å². The molecule has 1 N–H and O–H groups in total. The number of unbranched alkanes of at least 4 members (excludes halogenated alkanes) is 1. The molecular formula is C19H28N2O3. The number of amides is 2. The third-order valence-electron chi connectivity index (χ3n) is 4.60. The third kappa shape index (κ3) is 3.89. The highest BCUT2D eigenvalue weighted by Gasteiger charge is 2.41. The fourth-order valence-corrected chi connectivity index (χ4v) is 3.42. The van der Waals surface area contributed by atoms with Gasteiger partial charge in [-0.1, -0.05) is 31.5 Å². The summed E-state index contributed by atoms with van der Waals surface area (Å²) in [4.78, 5) is 27.1. The van der Waals surface area contributed by atoms with Gasteiger partial charge < -0.3 is 15.0 Å². The van der Waals surface area contributed by atoms with Crippen LogP contribution < -0.4 is 10.1 Å². The van der Waals surface area contributed by atoms with E-state index in [1.807, 2.05) is 36.1 Å². The number of hydrogen-bond acceptors (Lipinski definition) is 3. The first-order valence-corrected chi connectivity index (χ1v) is 8.84. The predicted molar refractivity (Wildman–Crippen MR) is 93.8 cm³/mol. The maximum Gasteiger partial charge on any atom is 0.225 e. The summed E-state index contributed by atoms with van der Waals surface area (Å²) < 4.78 is 5.50. The highest BCUT2D eigenvalue weighted by Crippen LogP contribution is 2.40. The number of nitrogens with one attached hydrogen (secondary N) is 1. The van der Waals surface area contributed by atoms with Crippen LogP contribution in [0.1, 0.15) is 51.1 Å². The molecule has 132 valence electrons. The van der Waals surface area contributed by atoms with E-state index >= 15 is 0 Å². The van der Waals surface area contributed by atoms with Gasteiger partial charge in [0.25, 0.3) is 0 Å². The Bertz CT molecular complexity index is 571. The molecule has 0 radical (unpaired) electrons. The predicted octanol–water partition coefficient (Wildman–Crippen LogP) is 2.91. The fraction of sp³-hybridized carbons (Fsp3) is 0.579. The summed E-state index contributed by atoms with van der Waals surface area (Å²) in [5, 5.41) is 2.93. The average molecular weight is 332 g/mol. The molecule has 1 heterocycles. The van der Waals surface area contributed by atoms with Crippen molar-refractivity contribution in [1.29, 1.82) is 0 Å². The van der Waals surface area contributed by atoms with Gasteiger partial charge in [-0.05, 0) is 25.8 Å². The van der Waals surface area contributed by atoms with E-state index in [9.17, 15) is 9.59 Å². The Hall–Kier alpha value is -2.04. The van der Waals surface area contributed by atoms with Crippen LogP contribution in [0, 0.1) is 5.92 Å². The zero-order chi connectivity index (χ0) is 17.5. The van der Waals surface area contributed by atoms with Crippen molar-refractivity contribution < 1.29 is 14.3 Å². The minimum Gasteiger partial charge on any atom is -0.496 e. The number of ether oxygens (including phenoxy) is 1. The van der Waals surface area contributed by atoms with Crippen molar-refractivity contribution in [3.8, 4) is 5.75 Å². The van der Waals surface area contributed by atoms with Crippen LogP contribution in [0.4, 0.5) is 0 Å². The first-order valence-electron chi connectivity index (χ1n) is 8.84. The van der Waals surface area contributed by atoms with Gasteiger partial charge >= 0.3 is 0 Å². The van der Waals surface area contributed by atoms with Crippen LogP contribution in [0.3, 0.4) is 0 Å². The van der Waals surface area contributed by atoms with E-state index in [-0.39, 0.29) is 23.8 Å². The molecule has 5 nitrogen and oxygen atoms in total. The minimum atomic E-state index is -0.263. The monoisotopic (exact) mass is 332 g/mol. The molecule has 0 spiro atoms. The normalized spacial score (nSPS) is 20.8. The third-order valence-corrected chi connectivity index (χ3v) is 4.60. The van der Waals surface area contributed by atoms with Crippen LogP contribution in [0.5, 0.6) is 5.75 Å². The first kappa shape index (κ1) is 18.3. The second-order valence-electron chi connectivity index (χ2n) is 6.17. The SMILES string of the molecule is CCCCN1C(=O)CCC(C(=O)NCC)C1c1ccccc1OC. The van der Waals surface area contributed by atoms with Crippen LogP contribution >= 0.6 is 0 Å². The van der Waals surface area contributed by atoms with Crippen molar-refractivity contribution >= 4 is 11.8 Å². The Morgan fingerprint density at radius 1 is 1.33 bits per heavy atom. The lowest BCUT2D eigenvalue weighted by Crippen LogP contribution is -2.48. The molecule has 5 heteroatoms. The summed E-state index contributed by atoms with van der Waals surface area (Å²) in [6, 6.07) is 7.43. The van der Waals surface area contributed by atoms with Crippen LogP contribution in [0.25, 0.3) is 0 Å². The maximum absolute atomic E-state index is 12.6. The van der Waals surface area contributed by atoms with Crippen molar-refractivity contribution in [3.63, 3.8) is 0 Å². The maximum atomic E-state index is 12.6. The molecule has 1 aliphatic heterocycles. The zero-order valence-electron chi connectivity index (χ0n) is 14.9. The van der Waals surface area contributed by atoms with Gasteiger partial charge in [0.05, 0.1) is 19.1 Å². The number of piperidine rings is 1. The van der Waals surface area contributed by atoms with E-state index in [4.69, 9.17) is 4.74 Å². The van der Waals surface area contributed by atoms with E-state index in [0.29, 0.717) is 25.9 Å². The molecule has 1 fully saturated rings. The number of methoxy groups -OCH3 is 1. The number of hydrogen-bond donors (Lipinski definition) is 1. The van der Waals surface area contributed by atoms with Gasteiger partial charge in [0.1, 0.15) is 5.75 Å². The molecule has 0 aliphatic carbocycles. The molecule has 1 aromatic carbocycles. The Kier molecular flexibility index (Phi) is 6.64. The van der Waals surface area contributed by atoms with Crippen molar-refractivity contribution in [2.45, 2.75) is 45.6 Å². The summed E-state index contributed by atoms with van der Waals surface area (Å²) in [7, 11) is 1.63. The van der Waals surface area contributed by atoms with Crippen molar-refractivity contribution in [1.82, 2.24) is 10.2 Å². The number of likely N-dealkylation sites (tertiary alicyclic amines) is 1. The Labute approximate surface area is 144 Å². The van der Waals surface area contributed by atoms with Gasteiger partial charge in [0, 0.05) is 25.1 Å². The molecule has 0 saturated carbocycles. The smallest absolute Gasteiger partial charge is 0.225 e. The average Bonchev–Trinajstić information content (AvgIpc) is 2.60. The lowest BCUT2D eigenvalue weighted by molar-refractivity contribution is -0.143. The molecule has 24 heavy (non-hydrogen) atoms. The molecule has 1 saturated heterocycles. The van der Waals surface area contributed by atoms with Crippen molar-refractivity contribution in [2.24, 2.45) is 5.92 Å². The lowest BCUT2D eigenvalue weighted by atomic mass is 9.83. The molecule has 0 bridgehead atoms. The molecule has 2 atom stereocenters. The van der Waals surface area contributed by atoms with E-state index in [0.717, 1.165) is 24.2 Å². The summed E-state index contributed by atoms with van der Waals surface area (Å²) in [5.74, 6) is 0.631. The highest BCUT2D eigenvalue weighted by molar-refractivity contribution is 5.85. The second-order valence-corrected chi connectivity index (χ2v) is 6.17. The van der Waals surface area contributed by atoms with Crippen molar-refractivity contribution in [2.75, 3.05) is 20.2 Å².